The zero-order valence-electron chi connectivity index (χ0n) is 16.1. The molecule has 150 valence electrons. The summed E-state index contributed by atoms with van der Waals surface area (Å²) in [6, 6.07) is 17.8. The Morgan fingerprint density at radius 1 is 1.07 bits per heavy atom. The molecule has 1 fully saturated rings. The fourth-order valence-corrected chi connectivity index (χ4v) is 4.10. The summed E-state index contributed by atoms with van der Waals surface area (Å²) in [6.45, 7) is 2.20. The molecule has 1 aliphatic rings. The standard InChI is InChI=1S/C23H18N2O4S/c1-15-4-2-5-16(12-15)14-25-21(26)20(30-23(25)29)13-19-6-3-11-24(19)18-9-7-17(8-10-18)22(27)28/h2-13H,14H2,1H3,(H,27,28)/b20-13-. The molecule has 0 bridgehead atoms. The summed E-state index contributed by atoms with van der Waals surface area (Å²) < 4.78 is 1.83. The summed E-state index contributed by atoms with van der Waals surface area (Å²) in [5.74, 6) is -1.31. The van der Waals surface area contributed by atoms with Crippen LogP contribution in [0.3, 0.4) is 0 Å². The van der Waals surface area contributed by atoms with Gasteiger partial charge in [-0.2, -0.15) is 0 Å². The summed E-state index contributed by atoms with van der Waals surface area (Å²) >= 11 is 0.921. The smallest absolute Gasteiger partial charge is 0.335 e. The van der Waals surface area contributed by atoms with Crippen LogP contribution < -0.4 is 0 Å². The molecular weight excluding hydrogens is 400 g/mol. The number of benzene rings is 2. The third kappa shape index (κ3) is 3.92. The number of thioether (sulfide) groups is 1. The molecule has 2 aromatic carbocycles. The first-order chi connectivity index (χ1) is 14.4. The minimum absolute atomic E-state index is 0.199. The number of carboxylic acid groups (broad SMARTS) is 1. The minimum atomic E-state index is -0.989. The second-order valence-electron chi connectivity index (χ2n) is 6.91. The molecule has 6 nitrogen and oxygen atoms in total. The molecule has 3 aromatic rings. The third-order valence-corrected chi connectivity index (χ3v) is 5.66. The molecule has 0 aliphatic carbocycles. The Morgan fingerprint density at radius 2 is 1.83 bits per heavy atom. The highest BCUT2D eigenvalue weighted by Gasteiger charge is 2.35. The lowest BCUT2D eigenvalue weighted by molar-refractivity contribution is -0.123. The van der Waals surface area contributed by atoms with E-state index in [1.807, 2.05) is 54.1 Å². The monoisotopic (exact) mass is 418 g/mol. The summed E-state index contributed by atoms with van der Waals surface area (Å²) in [4.78, 5) is 37.9. The topological polar surface area (TPSA) is 79.6 Å². The number of rotatable bonds is 5. The number of amides is 2. The van der Waals surface area contributed by atoms with E-state index in [9.17, 15) is 14.4 Å². The van der Waals surface area contributed by atoms with Gasteiger partial charge in [0.1, 0.15) is 0 Å². The average Bonchev–Trinajstić information content (AvgIpc) is 3.28. The van der Waals surface area contributed by atoms with E-state index >= 15 is 0 Å². The number of nitrogens with zero attached hydrogens (tertiary/aromatic N) is 2. The Bertz CT molecular complexity index is 1180. The van der Waals surface area contributed by atoms with E-state index in [1.54, 1.807) is 18.2 Å². The first-order valence-electron chi connectivity index (χ1n) is 9.24. The van der Waals surface area contributed by atoms with Crippen molar-refractivity contribution < 1.29 is 19.5 Å². The van der Waals surface area contributed by atoms with Crippen molar-refractivity contribution in [2.75, 3.05) is 0 Å². The van der Waals surface area contributed by atoms with Gasteiger partial charge in [-0.25, -0.2) is 4.79 Å². The van der Waals surface area contributed by atoms with Crippen molar-refractivity contribution in [3.05, 3.63) is 94.1 Å². The van der Waals surface area contributed by atoms with Crippen LogP contribution in [0.1, 0.15) is 27.2 Å². The predicted octanol–water partition coefficient (Wildman–Crippen LogP) is 4.72. The normalized spacial score (nSPS) is 15.2. The van der Waals surface area contributed by atoms with Gasteiger partial charge in [0.05, 0.1) is 17.0 Å². The van der Waals surface area contributed by atoms with Crippen molar-refractivity contribution in [1.82, 2.24) is 9.47 Å². The van der Waals surface area contributed by atoms with E-state index in [-0.39, 0.29) is 23.3 Å². The highest BCUT2D eigenvalue weighted by atomic mass is 32.2. The maximum Gasteiger partial charge on any atom is 0.335 e. The van der Waals surface area contributed by atoms with Gasteiger partial charge in [0.2, 0.25) is 0 Å². The Kier molecular flexibility index (Phi) is 5.29. The van der Waals surface area contributed by atoms with Gasteiger partial charge in [-0.3, -0.25) is 14.5 Å². The molecule has 7 heteroatoms. The van der Waals surface area contributed by atoms with Crippen LogP contribution in [0.25, 0.3) is 11.8 Å². The lowest BCUT2D eigenvalue weighted by Gasteiger charge is -2.12. The highest BCUT2D eigenvalue weighted by molar-refractivity contribution is 8.18. The molecule has 0 saturated carbocycles. The van der Waals surface area contributed by atoms with E-state index in [4.69, 9.17) is 5.11 Å². The van der Waals surface area contributed by atoms with Crippen LogP contribution in [0.5, 0.6) is 0 Å². The van der Waals surface area contributed by atoms with Crippen LogP contribution >= 0.6 is 11.8 Å². The minimum Gasteiger partial charge on any atom is -0.478 e. The number of hydrogen-bond donors (Lipinski definition) is 1. The fourth-order valence-electron chi connectivity index (χ4n) is 3.28. The van der Waals surface area contributed by atoms with Crippen molar-refractivity contribution >= 4 is 35.0 Å². The van der Waals surface area contributed by atoms with Crippen molar-refractivity contribution in [3.63, 3.8) is 0 Å². The second-order valence-corrected chi connectivity index (χ2v) is 7.91. The van der Waals surface area contributed by atoms with Gasteiger partial charge in [0.15, 0.2) is 0 Å². The number of hydrogen-bond acceptors (Lipinski definition) is 4. The van der Waals surface area contributed by atoms with Crippen molar-refractivity contribution in [2.45, 2.75) is 13.5 Å². The SMILES string of the molecule is Cc1cccc(CN2C(=O)S/C(=C\c3cccn3-c3ccc(C(=O)O)cc3)C2=O)c1. The summed E-state index contributed by atoms with van der Waals surface area (Å²) in [5.41, 5.74) is 3.65. The number of aromatic nitrogens is 1. The van der Waals surface area contributed by atoms with E-state index in [0.717, 1.165) is 34.3 Å². The van der Waals surface area contributed by atoms with E-state index < -0.39 is 5.97 Å². The van der Waals surface area contributed by atoms with Gasteiger partial charge in [0, 0.05) is 17.6 Å². The first kappa shape index (κ1) is 19.7. The lowest BCUT2D eigenvalue weighted by Crippen LogP contribution is -2.27. The van der Waals surface area contributed by atoms with E-state index in [1.165, 1.54) is 17.0 Å². The molecule has 2 heterocycles. The van der Waals surface area contributed by atoms with Gasteiger partial charge in [0.25, 0.3) is 11.1 Å². The van der Waals surface area contributed by atoms with Crippen molar-refractivity contribution in [2.24, 2.45) is 0 Å². The highest BCUT2D eigenvalue weighted by Crippen LogP contribution is 2.33. The molecule has 0 unspecified atom stereocenters. The zero-order chi connectivity index (χ0) is 21.3. The first-order valence-corrected chi connectivity index (χ1v) is 10.1. The van der Waals surface area contributed by atoms with Crippen LogP contribution in [0, 0.1) is 6.92 Å². The Hall–Kier alpha value is -3.58. The lowest BCUT2D eigenvalue weighted by atomic mass is 10.1. The molecule has 1 aliphatic heterocycles. The Balaban J connectivity index is 1.59. The predicted molar refractivity (Wildman–Crippen MR) is 115 cm³/mol. The Labute approximate surface area is 177 Å². The van der Waals surface area contributed by atoms with Crippen molar-refractivity contribution in [3.8, 4) is 5.69 Å². The molecule has 0 radical (unpaired) electrons. The summed E-state index contributed by atoms with van der Waals surface area (Å²) in [7, 11) is 0. The van der Waals surface area contributed by atoms with Crippen LogP contribution in [0.15, 0.2) is 71.8 Å². The zero-order valence-corrected chi connectivity index (χ0v) is 16.9. The molecule has 30 heavy (non-hydrogen) atoms. The molecule has 0 atom stereocenters. The number of aromatic carboxylic acids is 1. The molecule has 1 aromatic heterocycles. The van der Waals surface area contributed by atoms with Gasteiger partial charge in [-0.1, -0.05) is 29.8 Å². The molecule has 1 N–H and O–H groups in total. The van der Waals surface area contributed by atoms with Crippen LogP contribution in [0.2, 0.25) is 0 Å². The van der Waals surface area contributed by atoms with Crippen LogP contribution in [0.4, 0.5) is 4.79 Å². The number of carbonyl (C=O) groups is 3. The van der Waals surface area contributed by atoms with E-state index in [2.05, 4.69) is 0 Å². The second kappa shape index (κ2) is 8.04. The van der Waals surface area contributed by atoms with Gasteiger partial charge < -0.3 is 9.67 Å². The quantitative estimate of drug-likeness (QED) is 0.607. The van der Waals surface area contributed by atoms with Gasteiger partial charge >= 0.3 is 5.97 Å². The molecule has 1 saturated heterocycles. The van der Waals surface area contributed by atoms with Crippen LogP contribution in [-0.4, -0.2) is 31.7 Å². The average molecular weight is 418 g/mol. The molecule has 2 amide bonds. The number of carboxylic acids is 1. The molecule has 4 rings (SSSR count). The summed E-state index contributed by atoms with van der Waals surface area (Å²) in [6.07, 6.45) is 3.50. The maximum absolute atomic E-state index is 12.8. The largest absolute Gasteiger partial charge is 0.478 e. The molecule has 0 spiro atoms. The molecular formula is C23H18N2O4S. The number of imide groups is 1. The van der Waals surface area contributed by atoms with Gasteiger partial charge in [-0.15, -0.1) is 0 Å². The number of aryl methyl sites for hydroxylation is 1. The maximum atomic E-state index is 12.8. The Morgan fingerprint density at radius 3 is 2.53 bits per heavy atom. The number of carbonyl (C=O) groups excluding carboxylic acids is 2. The van der Waals surface area contributed by atoms with Crippen LogP contribution in [-0.2, 0) is 11.3 Å². The van der Waals surface area contributed by atoms with E-state index in [0.29, 0.717) is 4.91 Å². The summed E-state index contributed by atoms with van der Waals surface area (Å²) in [5, 5.41) is 8.76. The van der Waals surface area contributed by atoms with Gasteiger partial charge in [-0.05, 0) is 66.7 Å². The fraction of sp³-hybridized carbons (Fsp3) is 0.0870. The van der Waals surface area contributed by atoms with Crippen molar-refractivity contribution in [1.29, 1.82) is 0 Å². The third-order valence-electron chi connectivity index (χ3n) is 4.75.